The van der Waals surface area contributed by atoms with E-state index in [0.29, 0.717) is 22.0 Å². The lowest BCUT2D eigenvalue weighted by Gasteiger charge is -2.11. The van der Waals surface area contributed by atoms with E-state index in [4.69, 9.17) is 23.2 Å². The minimum absolute atomic E-state index is 0.0157. The zero-order valence-electron chi connectivity index (χ0n) is 15.8. The fourth-order valence-electron chi connectivity index (χ4n) is 2.81. The molecule has 0 radical (unpaired) electrons. The summed E-state index contributed by atoms with van der Waals surface area (Å²) in [5, 5.41) is 12.6. The third-order valence-electron chi connectivity index (χ3n) is 4.17. The zero-order valence-corrected chi connectivity index (χ0v) is 18.2. The largest absolute Gasteiger partial charge is 0.392 e. The van der Waals surface area contributed by atoms with E-state index >= 15 is 0 Å². The second-order valence-electron chi connectivity index (χ2n) is 6.64. The molecule has 0 saturated heterocycles. The molecule has 0 aliphatic carbocycles. The highest BCUT2D eigenvalue weighted by Gasteiger charge is 2.20. The third kappa shape index (κ3) is 5.17. The van der Waals surface area contributed by atoms with Crippen molar-refractivity contribution in [3.05, 3.63) is 76.4 Å². The van der Waals surface area contributed by atoms with Crippen LogP contribution in [0.3, 0.4) is 0 Å². The van der Waals surface area contributed by atoms with E-state index in [1.165, 1.54) is 25.1 Å². The van der Waals surface area contributed by atoms with Crippen molar-refractivity contribution in [3.8, 4) is 11.3 Å². The number of hydrogen-bond donors (Lipinski definition) is 2. The van der Waals surface area contributed by atoms with E-state index in [1.54, 1.807) is 36.5 Å². The Kier molecular flexibility index (Phi) is 6.77. The number of benzene rings is 2. The van der Waals surface area contributed by atoms with Gasteiger partial charge in [0.15, 0.2) is 9.84 Å². The van der Waals surface area contributed by atoms with Crippen LogP contribution in [0.2, 0.25) is 10.0 Å². The summed E-state index contributed by atoms with van der Waals surface area (Å²) in [5.41, 5.74) is 1.90. The zero-order chi connectivity index (χ0) is 21.9. The molecular formula is C21H18Cl2N2O4S. The van der Waals surface area contributed by atoms with Gasteiger partial charge in [-0.05, 0) is 55.5 Å². The number of hydrogen-bond acceptors (Lipinski definition) is 5. The Labute approximate surface area is 184 Å². The molecule has 0 aliphatic heterocycles. The molecule has 0 fully saturated rings. The lowest BCUT2D eigenvalue weighted by molar-refractivity contribution is 0.102. The van der Waals surface area contributed by atoms with Crippen LogP contribution in [-0.2, 0) is 9.84 Å². The van der Waals surface area contributed by atoms with Crippen LogP contribution in [0.5, 0.6) is 0 Å². The Hall–Kier alpha value is -2.45. The van der Waals surface area contributed by atoms with Gasteiger partial charge in [-0.3, -0.25) is 9.78 Å². The van der Waals surface area contributed by atoms with E-state index < -0.39 is 27.6 Å². The monoisotopic (exact) mass is 464 g/mol. The molecule has 2 aromatic carbocycles. The van der Waals surface area contributed by atoms with Gasteiger partial charge in [0.25, 0.3) is 5.91 Å². The number of carbonyl (C=O) groups excluding carboxylic acids is 1. The number of halogens is 2. The van der Waals surface area contributed by atoms with Crippen molar-refractivity contribution >= 4 is 44.6 Å². The molecule has 30 heavy (non-hydrogen) atoms. The van der Waals surface area contributed by atoms with Crippen molar-refractivity contribution in [1.82, 2.24) is 4.98 Å². The van der Waals surface area contributed by atoms with Gasteiger partial charge in [0, 0.05) is 17.4 Å². The molecule has 6 nitrogen and oxygen atoms in total. The third-order valence-corrected chi connectivity index (χ3v) is 6.71. The molecule has 3 rings (SSSR count). The lowest BCUT2D eigenvalue weighted by Crippen LogP contribution is -2.18. The minimum atomic E-state index is -3.71. The maximum Gasteiger partial charge on any atom is 0.257 e. The smallest absolute Gasteiger partial charge is 0.257 e. The summed E-state index contributed by atoms with van der Waals surface area (Å²) < 4.78 is 24.5. The SMILES string of the molecule is CC(O)CS(=O)(=O)c1ccc(C(=O)Nc2ccc(Cl)c(-c3ccccn3)c2)c(Cl)c1. The summed E-state index contributed by atoms with van der Waals surface area (Å²) >= 11 is 12.4. The number of sulfone groups is 1. The normalized spacial score (nSPS) is 12.4. The summed E-state index contributed by atoms with van der Waals surface area (Å²) in [5.74, 6) is -0.940. The first-order valence-corrected chi connectivity index (χ1v) is 11.3. The second-order valence-corrected chi connectivity index (χ2v) is 9.48. The van der Waals surface area contributed by atoms with Crippen LogP contribution < -0.4 is 5.32 Å². The molecule has 3 aromatic rings. The predicted octanol–water partition coefficient (Wildman–Crippen LogP) is 4.46. The van der Waals surface area contributed by atoms with Gasteiger partial charge in [-0.1, -0.05) is 29.3 Å². The molecule has 0 bridgehead atoms. The Bertz CT molecular complexity index is 1180. The first kappa shape index (κ1) is 22.2. The van der Waals surface area contributed by atoms with Crippen molar-refractivity contribution < 1.29 is 18.3 Å². The van der Waals surface area contributed by atoms with Gasteiger partial charge in [-0.2, -0.15) is 0 Å². The van der Waals surface area contributed by atoms with Crippen LogP contribution in [0.1, 0.15) is 17.3 Å². The number of pyridine rings is 1. The van der Waals surface area contributed by atoms with Gasteiger partial charge < -0.3 is 10.4 Å². The van der Waals surface area contributed by atoms with Gasteiger partial charge in [0.2, 0.25) is 0 Å². The van der Waals surface area contributed by atoms with Gasteiger partial charge in [-0.15, -0.1) is 0 Å². The number of nitrogens with zero attached hydrogens (tertiary/aromatic N) is 1. The van der Waals surface area contributed by atoms with Crippen LogP contribution in [0, 0.1) is 0 Å². The van der Waals surface area contributed by atoms with E-state index in [0.717, 1.165) is 0 Å². The molecule has 0 spiro atoms. The van der Waals surface area contributed by atoms with E-state index in [-0.39, 0.29) is 15.5 Å². The molecular weight excluding hydrogens is 447 g/mol. The van der Waals surface area contributed by atoms with E-state index in [2.05, 4.69) is 10.3 Å². The van der Waals surface area contributed by atoms with Crippen LogP contribution in [0.4, 0.5) is 5.69 Å². The van der Waals surface area contributed by atoms with E-state index in [9.17, 15) is 18.3 Å². The molecule has 1 atom stereocenters. The average molecular weight is 465 g/mol. The quantitative estimate of drug-likeness (QED) is 0.560. The number of aromatic nitrogens is 1. The van der Waals surface area contributed by atoms with Gasteiger partial charge in [0.1, 0.15) is 0 Å². The van der Waals surface area contributed by atoms with Crippen LogP contribution in [0.25, 0.3) is 11.3 Å². The predicted molar refractivity (Wildman–Crippen MR) is 118 cm³/mol. The first-order chi connectivity index (χ1) is 14.2. The number of anilines is 1. The highest BCUT2D eigenvalue weighted by molar-refractivity contribution is 7.91. The Balaban J connectivity index is 1.85. The molecule has 2 N–H and O–H groups in total. The van der Waals surface area contributed by atoms with Crippen LogP contribution in [0.15, 0.2) is 65.7 Å². The topological polar surface area (TPSA) is 96.4 Å². The highest BCUT2D eigenvalue weighted by atomic mass is 35.5. The summed E-state index contributed by atoms with van der Waals surface area (Å²) in [6.07, 6.45) is 0.624. The number of aliphatic hydroxyl groups excluding tert-OH is 1. The number of nitrogens with one attached hydrogen (secondary N) is 1. The van der Waals surface area contributed by atoms with Crippen molar-refractivity contribution in [3.63, 3.8) is 0 Å². The fourth-order valence-corrected chi connectivity index (χ4v) is 4.75. The second kappa shape index (κ2) is 9.14. The molecule has 1 heterocycles. The summed E-state index contributed by atoms with van der Waals surface area (Å²) in [6.45, 7) is 1.38. The summed E-state index contributed by atoms with van der Waals surface area (Å²) in [4.78, 5) is 16.9. The average Bonchev–Trinajstić information content (AvgIpc) is 2.69. The molecule has 156 valence electrons. The molecule has 0 aliphatic rings. The van der Waals surface area contributed by atoms with Gasteiger partial charge in [0.05, 0.1) is 38.1 Å². The minimum Gasteiger partial charge on any atom is -0.392 e. The fraction of sp³-hybridized carbons (Fsp3) is 0.143. The number of carbonyl (C=O) groups is 1. The van der Waals surface area contributed by atoms with Crippen LogP contribution >= 0.6 is 23.2 Å². The maximum atomic E-state index is 12.7. The Morgan fingerprint density at radius 2 is 1.87 bits per heavy atom. The molecule has 9 heteroatoms. The summed E-state index contributed by atoms with van der Waals surface area (Å²) in [6, 6.07) is 14.2. The Morgan fingerprint density at radius 1 is 1.10 bits per heavy atom. The molecule has 1 amide bonds. The molecule has 0 saturated carbocycles. The highest BCUT2D eigenvalue weighted by Crippen LogP contribution is 2.30. The number of aliphatic hydroxyl groups is 1. The molecule has 1 aromatic heterocycles. The molecule has 1 unspecified atom stereocenters. The van der Waals surface area contributed by atoms with Crippen LogP contribution in [-0.4, -0.2) is 36.3 Å². The Morgan fingerprint density at radius 3 is 2.50 bits per heavy atom. The maximum absolute atomic E-state index is 12.7. The lowest BCUT2D eigenvalue weighted by atomic mass is 10.1. The summed E-state index contributed by atoms with van der Waals surface area (Å²) in [7, 11) is -3.71. The standard InChI is InChI=1S/C21H18Cl2N2O4S/c1-13(26)12-30(28,29)15-6-7-16(19(23)11-15)21(27)25-14-5-8-18(22)17(10-14)20-4-2-3-9-24-20/h2-11,13,26H,12H2,1H3,(H,25,27). The first-order valence-electron chi connectivity index (χ1n) is 8.90. The number of rotatable bonds is 6. The van der Waals surface area contributed by atoms with Gasteiger partial charge >= 0.3 is 0 Å². The van der Waals surface area contributed by atoms with Crippen molar-refractivity contribution in [1.29, 1.82) is 0 Å². The van der Waals surface area contributed by atoms with Gasteiger partial charge in [-0.25, -0.2) is 8.42 Å². The van der Waals surface area contributed by atoms with Crippen molar-refractivity contribution in [2.75, 3.05) is 11.1 Å². The number of amides is 1. The van der Waals surface area contributed by atoms with Crippen molar-refractivity contribution in [2.24, 2.45) is 0 Å². The van der Waals surface area contributed by atoms with Crippen molar-refractivity contribution in [2.45, 2.75) is 17.9 Å². The van der Waals surface area contributed by atoms with E-state index in [1.807, 2.05) is 6.07 Å².